The van der Waals surface area contributed by atoms with Crippen molar-refractivity contribution in [2.24, 2.45) is 0 Å². The summed E-state index contributed by atoms with van der Waals surface area (Å²) < 4.78 is 0. The third-order valence-electron chi connectivity index (χ3n) is 2.20. The van der Waals surface area contributed by atoms with Gasteiger partial charge >= 0.3 is 5.97 Å². The normalized spacial score (nSPS) is 11.9. The zero-order chi connectivity index (χ0) is 12.1. The average molecular weight is 221 g/mol. The second kappa shape index (κ2) is 5.30. The molecule has 0 spiro atoms. The number of benzene rings is 1. The van der Waals surface area contributed by atoms with E-state index in [1.807, 2.05) is 31.2 Å². The van der Waals surface area contributed by atoms with Crippen LogP contribution >= 0.6 is 0 Å². The first kappa shape index (κ1) is 12.2. The lowest BCUT2D eigenvalue weighted by Crippen LogP contribution is -2.39. The topological polar surface area (TPSA) is 66.4 Å². The fraction of sp³-hybridized carbons (Fsp3) is 0.333. The molecule has 0 radical (unpaired) electrons. The predicted molar refractivity (Wildman–Crippen MR) is 60.1 cm³/mol. The summed E-state index contributed by atoms with van der Waals surface area (Å²) in [6, 6.07) is 6.72. The number of rotatable bonds is 4. The van der Waals surface area contributed by atoms with Crippen LogP contribution in [0.5, 0.6) is 0 Å². The molecule has 1 rings (SSSR count). The van der Waals surface area contributed by atoms with E-state index >= 15 is 0 Å². The zero-order valence-electron chi connectivity index (χ0n) is 9.36. The molecule has 0 aromatic heterocycles. The minimum absolute atomic E-state index is 0.208. The van der Waals surface area contributed by atoms with Crippen LogP contribution in [0.4, 0.5) is 0 Å². The standard InChI is InChI=1S/C12H15NO3/c1-8-4-3-5-10(6-8)7-11(14)13-9(2)12(15)16/h3-6,9H,7H2,1-2H3,(H,13,14)(H,15,16)/t9-/m1/s1. The molecule has 1 amide bonds. The number of amides is 1. The molecule has 0 aliphatic heterocycles. The highest BCUT2D eigenvalue weighted by Gasteiger charge is 2.13. The summed E-state index contributed by atoms with van der Waals surface area (Å²) in [6.45, 7) is 3.39. The van der Waals surface area contributed by atoms with Crippen LogP contribution in [0, 0.1) is 6.92 Å². The van der Waals surface area contributed by atoms with Crippen LogP contribution in [-0.2, 0) is 16.0 Å². The quantitative estimate of drug-likeness (QED) is 0.800. The molecule has 2 N–H and O–H groups in total. The van der Waals surface area contributed by atoms with Crippen LogP contribution in [-0.4, -0.2) is 23.0 Å². The summed E-state index contributed by atoms with van der Waals surface area (Å²) >= 11 is 0. The largest absolute Gasteiger partial charge is 0.480 e. The summed E-state index contributed by atoms with van der Waals surface area (Å²) in [5.41, 5.74) is 1.96. The third kappa shape index (κ3) is 3.73. The molecule has 16 heavy (non-hydrogen) atoms. The molecular weight excluding hydrogens is 206 g/mol. The van der Waals surface area contributed by atoms with E-state index < -0.39 is 12.0 Å². The fourth-order valence-electron chi connectivity index (χ4n) is 1.36. The minimum atomic E-state index is -1.03. The van der Waals surface area contributed by atoms with Crippen LogP contribution in [0.25, 0.3) is 0 Å². The van der Waals surface area contributed by atoms with Crippen molar-refractivity contribution >= 4 is 11.9 Å². The number of carboxylic acids is 1. The van der Waals surface area contributed by atoms with Gasteiger partial charge in [0.05, 0.1) is 6.42 Å². The number of aliphatic carboxylic acids is 1. The maximum atomic E-state index is 11.5. The van der Waals surface area contributed by atoms with E-state index in [1.165, 1.54) is 6.92 Å². The van der Waals surface area contributed by atoms with Crippen molar-refractivity contribution in [2.75, 3.05) is 0 Å². The Morgan fingerprint density at radius 3 is 2.69 bits per heavy atom. The van der Waals surface area contributed by atoms with Crippen molar-refractivity contribution in [3.63, 3.8) is 0 Å². The third-order valence-corrected chi connectivity index (χ3v) is 2.20. The van der Waals surface area contributed by atoms with E-state index in [0.29, 0.717) is 0 Å². The lowest BCUT2D eigenvalue weighted by atomic mass is 10.1. The van der Waals surface area contributed by atoms with Crippen LogP contribution in [0.15, 0.2) is 24.3 Å². The molecular formula is C12H15NO3. The van der Waals surface area contributed by atoms with Crippen molar-refractivity contribution in [3.05, 3.63) is 35.4 Å². The first-order chi connectivity index (χ1) is 7.49. The lowest BCUT2D eigenvalue weighted by Gasteiger charge is -2.09. The van der Waals surface area contributed by atoms with Gasteiger partial charge in [-0.05, 0) is 19.4 Å². The van der Waals surface area contributed by atoms with Gasteiger partial charge in [-0.1, -0.05) is 29.8 Å². The molecule has 0 bridgehead atoms. The number of carbonyl (C=O) groups excluding carboxylic acids is 1. The molecule has 4 nitrogen and oxygen atoms in total. The van der Waals surface area contributed by atoms with Gasteiger partial charge in [0.25, 0.3) is 0 Å². The maximum absolute atomic E-state index is 11.5. The van der Waals surface area contributed by atoms with Gasteiger partial charge in [-0.25, -0.2) is 0 Å². The van der Waals surface area contributed by atoms with Crippen LogP contribution in [0.1, 0.15) is 18.1 Å². The molecule has 86 valence electrons. The predicted octanol–water partition coefficient (Wildman–Crippen LogP) is 1.13. The molecule has 1 aromatic carbocycles. The molecule has 0 saturated heterocycles. The van der Waals surface area contributed by atoms with Crippen molar-refractivity contribution in [1.82, 2.24) is 5.32 Å². The van der Waals surface area contributed by atoms with Gasteiger partial charge in [0.1, 0.15) is 6.04 Å². The van der Waals surface area contributed by atoms with Crippen molar-refractivity contribution in [2.45, 2.75) is 26.3 Å². The van der Waals surface area contributed by atoms with E-state index in [1.54, 1.807) is 0 Å². The Kier molecular flexibility index (Phi) is 4.05. The number of hydrogen-bond donors (Lipinski definition) is 2. The maximum Gasteiger partial charge on any atom is 0.325 e. The van der Waals surface area contributed by atoms with E-state index in [0.717, 1.165) is 11.1 Å². The van der Waals surface area contributed by atoms with Crippen LogP contribution in [0.2, 0.25) is 0 Å². The number of carbonyl (C=O) groups is 2. The van der Waals surface area contributed by atoms with E-state index in [-0.39, 0.29) is 12.3 Å². The fourth-order valence-corrected chi connectivity index (χ4v) is 1.36. The molecule has 0 saturated carbocycles. The molecule has 4 heteroatoms. The summed E-state index contributed by atoms with van der Waals surface area (Å²) in [7, 11) is 0. The molecule has 1 atom stereocenters. The smallest absolute Gasteiger partial charge is 0.325 e. The van der Waals surface area contributed by atoms with Crippen molar-refractivity contribution < 1.29 is 14.7 Å². The second-order valence-corrected chi connectivity index (χ2v) is 3.79. The summed E-state index contributed by atoms with van der Waals surface area (Å²) in [4.78, 5) is 22.0. The minimum Gasteiger partial charge on any atom is -0.480 e. The highest BCUT2D eigenvalue weighted by molar-refractivity contribution is 5.84. The van der Waals surface area contributed by atoms with Gasteiger partial charge in [-0.2, -0.15) is 0 Å². The Labute approximate surface area is 94.3 Å². The van der Waals surface area contributed by atoms with Gasteiger partial charge in [0.2, 0.25) is 5.91 Å². The molecule has 0 aliphatic rings. The second-order valence-electron chi connectivity index (χ2n) is 3.79. The number of hydrogen-bond acceptors (Lipinski definition) is 2. The summed E-state index contributed by atoms with van der Waals surface area (Å²) in [5, 5.41) is 11.0. The first-order valence-electron chi connectivity index (χ1n) is 5.07. The molecule has 1 aromatic rings. The zero-order valence-corrected chi connectivity index (χ0v) is 9.36. The highest BCUT2D eigenvalue weighted by Crippen LogP contribution is 2.04. The Bertz CT molecular complexity index is 401. The Morgan fingerprint density at radius 2 is 2.12 bits per heavy atom. The number of nitrogens with one attached hydrogen (secondary N) is 1. The molecule has 0 heterocycles. The van der Waals surface area contributed by atoms with E-state index in [4.69, 9.17) is 5.11 Å². The van der Waals surface area contributed by atoms with Gasteiger partial charge in [0, 0.05) is 0 Å². The first-order valence-corrected chi connectivity index (χ1v) is 5.07. The van der Waals surface area contributed by atoms with Crippen molar-refractivity contribution in [1.29, 1.82) is 0 Å². The average Bonchev–Trinajstić information content (AvgIpc) is 2.16. The number of aryl methyl sites for hydroxylation is 1. The molecule has 0 unspecified atom stereocenters. The molecule has 0 fully saturated rings. The van der Waals surface area contributed by atoms with E-state index in [9.17, 15) is 9.59 Å². The van der Waals surface area contributed by atoms with Crippen molar-refractivity contribution in [3.8, 4) is 0 Å². The highest BCUT2D eigenvalue weighted by atomic mass is 16.4. The lowest BCUT2D eigenvalue weighted by molar-refractivity contribution is -0.141. The molecule has 0 aliphatic carbocycles. The summed E-state index contributed by atoms with van der Waals surface area (Å²) in [5.74, 6) is -1.31. The van der Waals surface area contributed by atoms with Gasteiger partial charge in [-0.15, -0.1) is 0 Å². The van der Waals surface area contributed by atoms with E-state index in [2.05, 4.69) is 5.32 Å². The van der Waals surface area contributed by atoms with Crippen LogP contribution < -0.4 is 5.32 Å². The Balaban J connectivity index is 2.55. The Hall–Kier alpha value is -1.84. The summed E-state index contributed by atoms with van der Waals surface area (Å²) in [6.07, 6.45) is 0.208. The Morgan fingerprint density at radius 1 is 1.44 bits per heavy atom. The number of carboxylic acid groups (broad SMARTS) is 1. The SMILES string of the molecule is Cc1cccc(CC(=O)N[C@H](C)C(=O)O)c1. The van der Waals surface area contributed by atoms with Gasteiger partial charge in [-0.3, -0.25) is 9.59 Å². The van der Waals surface area contributed by atoms with Crippen LogP contribution in [0.3, 0.4) is 0 Å². The van der Waals surface area contributed by atoms with Gasteiger partial charge < -0.3 is 10.4 Å². The van der Waals surface area contributed by atoms with Gasteiger partial charge in [0.15, 0.2) is 0 Å². The monoisotopic (exact) mass is 221 g/mol.